The van der Waals surface area contributed by atoms with Crippen LogP contribution < -0.4 is 5.32 Å². The number of halogens is 2. The minimum absolute atomic E-state index is 0.0308. The number of para-hydroxylation sites is 1. The van der Waals surface area contributed by atoms with Crippen molar-refractivity contribution in [1.29, 1.82) is 0 Å². The number of nitrogens with one attached hydrogen (secondary N) is 1. The van der Waals surface area contributed by atoms with Crippen molar-refractivity contribution in [3.8, 4) is 0 Å². The van der Waals surface area contributed by atoms with E-state index in [4.69, 9.17) is 23.2 Å². The van der Waals surface area contributed by atoms with Crippen molar-refractivity contribution in [2.45, 2.75) is 44.1 Å². The van der Waals surface area contributed by atoms with Crippen molar-refractivity contribution in [3.05, 3.63) is 75.3 Å². The Morgan fingerprint density at radius 2 is 1.67 bits per heavy atom. The van der Waals surface area contributed by atoms with Crippen LogP contribution in [0, 0.1) is 5.92 Å². The molecule has 0 bridgehead atoms. The first kappa shape index (κ1) is 20.0. The quantitative estimate of drug-likeness (QED) is 0.518. The number of fused-ring (bicyclic) bond motifs is 3. The second kappa shape index (κ2) is 8.28. The number of hydrogen-bond donors (Lipinski definition) is 1. The van der Waals surface area contributed by atoms with Crippen molar-refractivity contribution in [2.75, 3.05) is 18.4 Å². The average molecular weight is 441 g/mol. The minimum Gasteiger partial charge on any atom is -0.377 e. The molecular formula is C25H26Cl2N2O. The van der Waals surface area contributed by atoms with Crippen molar-refractivity contribution >= 4 is 34.8 Å². The van der Waals surface area contributed by atoms with Crippen LogP contribution in [0.4, 0.5) is 5.69 Å². The molecule has 5 heteroatoms. The maximum absolute atomic E-state index is 13.5. The molecule has 30 heavy (non-hydrogen) atoms. The predicted molar refractivity (Wildman–Crippen MR) is 124 cm³/mol. The number of nitrogens with zero attached hydrogens (tertiary/aromatic N) is 1. The topological polar surface area (TPSA) is 32.3 Å². The summed E-state index contributed by atoms with van der Waals surface area (Å²) in [7, 11) is 0. The number of likely N-dealkylation sites (tertiary alicyclic amines) is 1. The molecule has 1 fully saturated rings. The Balaban J connectivity index is 1.57. The first-order chi connectivity index (χ1) is 14.6. The van der Waals surface area contributed by atoms with Crippen LogP contribution in [0.3, 0.4) is 0 Å². The van der Waals surface area contributed by atoms with Gasteiger partial charge in [-0.15, -0.1) is 0 Å². The van der Waals surface area contributed by atoms with Crippen molar-refractivity contribution in [1.82, 2.24) is 4.90 Å². The lowest BCUT2D eigenvalue weighted by Gasteiger charge is -2.39. The number of hydrogen-bond acceptors (Lipinski definition) is 2. The third-order valence-corrected chi connectivity index (χ3v) is 7.49. The van der Waals surface area contributed by atoms with Gasteiger partial charge in [0.2, 0.25) is 0 Å². The molecular weight excluding hydrogens is 415 g/mol. The van der Waals surface area contributed by atoms with E-state index in [1.807, 2.05) is 35.2 Å². The van der Waals surface area contributed by atoms with Crippen molar-refractivity contribution in [2.24, 2.45) is 5.92 Å². The van der Waals surface area contributed by atoms with Gasteiger partial charge in [0, 0.05) is 34.6 Å². The molecule has 3 aliphatic rings. The van der Waals surface area contributed by atoms with Gasteiger partial charge in [0.25, 0.3) is 5.91 Å². The molecule has 3 unspecified atom stereocenters. The van der Waals surface area contributed by atoms with Crippen LogP contribution in [0.5, 0.6) is 0 Å². The van der Waals surface area contributed by atoms with Gasteiger partial charge in [0.05, 0.1) is 17.3 Å². The van der Waals surface area contributed by atoms with Crippen LogP contribution in [-0.2, 0) is 0 Å². The number of anilines is 1. The molecule has 1 aliphatic carbocycles. The number of benzene rings is 2. The first-order valence-electron chi connectivity index (χ1n) is 10.9. The lowest BCUT2D eigenvalue weighted by atomic mass is 9.76. The maximum Gasteiger partial charge on any atom is 0.255 e. The molecule has 2 aromatic rings. The fourth-order valence-corrected chi connectivity index (χ4v) is 5.97. The van der Waals surface area contributed by atoms with E-state index in [0.717, 1.165) is 49.2 Å². The number of rotatable bonds is 2. The van der Waals surface area contributed by atoms with Gasteiger partial charge in [-0.25, -0.2) is 0 Å². The summed E-state index contributed by atoms with van der Waals surface area (Å²) in [6.07, 6.45) is 10.1. The summed E-state index contributed by atoms with van der Waals surface area (Å²) in [5.41, 5.74) is 3.85. The minimum atomic E-state index is -0.0308. The van der Waals surface area contributed by atoms with Gasteiger partial charge < -0.3 is 10.2 Å². The van der Waals surface area contributed by atoms with Gasteiger partial charge in [-0.1, -0.05) is 66.4 Å². The Bertz CT molecular complexity index is 974. The van der Waals surface area contributed by atoms with Crippen LogP contribution in [0.15, 0.2) is 48.6 Å². The molecule has 1 saturated heterocycles. The Morgan fingerprint density at radius 3 is 2.40 bits per heavy atom. The Hall–Kier alpha value is -1.97. The smallest absolute Gasteiger partial charge is 0.255 e. The molecule has 156 valence electrons. The average Bonchev–Trinajstić information content (AvgIpc) is 3.08. The molecule has 0 saturated carbocycles. The number of allylic oxidation sites excluding steroid dienone is 2. The number of amides is 1. The second-order valence-electron chi connectivity index (χ2n) is 8.59. The first-order valence-corrected chi connectivity index (χ1v) is 11.7. The molecule has 2 aliphatic heterocycles. The van der Waals surface area contributed by atoms with Gasteiger partial charge in [-0.05, 0) is 48.9 Å². The van der Waals surface area contributed by atoms with Crippen LogP contribution in [0.25, 0.3) is 0 Å². The van der Waals surface area contributed by atoms with Crippen LogP contribution >= 0.6 is 23.2 Å². The van der Waals surface area contributed by atoms with E-state index in [0.29, 0.717) is 16.0 Å². The van der Waals surface area contributed by atoms with Crippen molar-refractivity contribution in [3.63, 3.8) is 0 Å². The summed E-state index contributed by atoms with van der Waals surface area (Å²) in [5, 5.41) is 5.06. The standard InChI is InChI=1S/C25H26Cl2N2O/c26-20-12-7-13-21(27)22(20)24-18-10-5-8-16(18)17-9-6-11-19(23(17)28-24)25(30)29-14-3-1-2-4-15-29/h5-9,11-13,16,18,24,28H,1-4,10,14-15H2. The zero-order valence-electron chi connectivity index (χ0n) is 16.9. The highest BCUT2D eigenvalue weighted by Gasteiger charge is 2.41. The van der Waals surface area contributed by atoms with Crippen LogP contribution in [0.2, 0.25) is 10.0 Å². The van der Waals surface area contributed by atoms with Gasteiger partial charge in [-0.3, -0.25) is 4.79 Å². The summed E-state index contributed by atoms with van der Waals surface area (Å²) in [6.45, 7) is 1.68. The molecule has 1 amide bonds. The molecule has 2 aromatic carbocycles. The van der Waals surface area contributed by atoms with Gasteiger partial charge >= 0.3 is 0 Å². The van der Waals surface area contributed by atoms with Crippen LogP contribution in [-0.4, -0.2) is 23.9 Å². The second-order valence-corrected chi connectivity index (χ2v) is 9.40. The third-order valence-electron chi connectivity index (χ3n) is 6.83. The molecule has 0 aromatic heterocycles. The summed E-state index contributed by atoms with van der Waals surface area (Å²) >= 11 is 13.2. The van der Waals surface area contributed by atoms with E-state index in [2.05, 4.69) is 23.5 Å². The Labute approximate surface area is 188 Å². The molecule has 1 N–H and O–H groups in total. The normalized spacial score (nSPS) is 25.3. The monoisotopic (exact) mass is 440 g/mol. The molecule has 2 heterocycles. The molecule has 5 rings (SSSR count). The molecule has 0 spiro atoms. The van der Waals surface area contributed by atoms with E-state index in [1.165, 1.54) is 18.4 Å². The van der Waals surface area contributed by atoms with E-state index >= 15 is 0 Å². The summed E-state index contributed by atoms with van der Waals surface area (Å²) < 4.78 is 0. The largest absolute Gasteiger partial charge is 0.377 e. The number of carbonyl (C=O) groups is 1. The highest BCUT2D eigenvalue weighted by Crippen LogP contribution is 2.52. The Kier molecular flexibility index (Phi) is 5.51. The lowest BCUT2D eigenvalue weighted by Crippen LogP contribution is -2.35. The van der Waals surface area contributed by atoms with Gasteiger partial charge in [0.1, 0.15) is 0 Å². The summed E-state index contributed by atoms with van der Waals surface area (Å²) in [5.74, 6) is 0.722. The van der Waals surface area contributed by atoms with E-state index in [1.54, 1.807) is 0 Å². The van der Waals surface area contributed by atoms with E-state index in [9.17, 15) is 4.79 Å². The zero-order chi connectivity index (χ0) is 20.7. The molecule has 3 atom stereocenters. The van der Waals surface area contributed by atoms with E-state index in [-0.39, 0.29) is 17.9 Å². The third kappa shape index (κ3) is 3.42. The Morgan fingerprint density at radius 1 is 0.967 bits per heavy atom. The lowest BCUT2D eigenvalue weighted by molar-refractivity contribution is 0.0762. The maximum atomic E-state index is 13.5. The zero-order valence-corrected chi connectivity index (χ0v) is 18.4. The predicted octanol–water partition coefficient (Wildman–Crippen LogP) is 6.84. The fourth-order valence-electron chi connectivity index (χ4n) is 5.34. The van der Waals surface area contributed by atoms with Gasteiger partial charge in [-0.2, -0.15) is 0 Å². The highest BCUT2D eigenvalue weighted by molar-refractivity contribution is 6.36. The van der Waals surface area contributed by atoms with Crippen LogP contribution in [0.1, 0.15) is 65.5 Å². The fraction of sp³-hybridized carbons (Fsp3) is 0.400. The molecule has 3 nitrogen and oxygen atoms in total. The number of carbonyl (C=O) groups excluding carboxylic acids is 1. The van der Waals surface area contributed by atoms with Crippen molar-refractivity contribution < 1.29 is 4.79 Å². The van der Waals surface area contributed by atoms with Gasteiger partial charge in [0.15, 0.2) is 0 Å². The SMILES string of the molecule is O=C(c1cccc2c1NC(c1c(Cl)cccc1Cl)C1CC=CC21)N1CCCCCC1. The van der Waals surface area contributed by atoms with E-state index < -0.39 is 0 Å². The highest BCUT2D eigenvalue weighted by atomic mass is 35.5. The summed E-state index contributed by atoms with van der Waals surface area (Å²) in [4.78, 5) is 15.5. The molecule has 0 radical (unpaired) electrons. The summed E-state index contributed by atoms with van der Waals surface area (Å²) in [6, 6.07) is 11.8.